The first-order chi connectivity index (χ1) is 16.0. The molecule has 0 bridgehead atoms. The van der Waals surface area contributed by atoms with E-state index >= 15 is 0 Å². The van der Waals surface area contributed by atoms with E-state index in [1.54, 1.807) is 11.3 Å². The first kappa shape index (κ1) is 26.0. The van der Waals surface area contributed by atoms with Gasteiger partial charge in [0.2, 0.25) is 6.41 Å². The molecule has 2 aromatic carbocycles. The first-order valence-corrected chi connectivity index (χ1v) is 11.8. The zero-order chi connectivity index (χ0) is 24.2. The van der Waals surface area contributed by atoms with Crippen LogP contribution >= 0.6 is 11.3 Å². The van der Waals surface area contributed by atoms with Gasteiger partial charge >= 0.3 is 0 Å². The minimum Gasteiger partial charge on any atom is -0.490 e. The normalized spacial score (nSPS) is 11.8. The van der Waals surface area contributed by atoms with Gasteiger partial charge in [0.25, 0.3) is 0 Å². The second kappa shape index (κ2) is 13.3. The standard InChI is InChI=1S/C22H21N3OS.C2H7N.CH3NO/c1-14(2)26-20-11-10-16(12-17(20)13-23)21-24-25-22(27-21)19-9-5-7-15-6-3-4-8-18(15)19;1-2-3;2-1-3/h5,7,9-12,14H,3-4,6,8H2,1-2H3;2-3H2,1H3;1H,(H2,2,3). The third-order valence-corrected chi connectivity index (χ3v) is 5.77. The van der Waals surface area contributed by atoms with Crippen LogP contribution in [-0.4, -0.2) is 29.3 Å². The van der Waals surface area contributed by atoms with Crippen molar-refractivity contribution in [3.05, 3.63) is 53.1 Å². The van der Waals surface area contributed by atoms with Gasteiger partial charge in [-0.2, -0.15) is 5.26 Å². The third kappa shape index (κ3) is 7.11. The molecule has 0 spiro atoms. The number of amides is 1. The molecule has 4 rings (SSSR count). The lowest BCUT2D eigenvalue weighted by Crippen LogP contribution is -2.06. The fourth-order valence-electron chi connectivity index (χ4n) is 3.54. The largest absolute Gasteiger partial charge is 0.490 e. The predicted octanol–water partition coefficient (Wildman–Crippen LogP) is 4.48. The smallest absolute Gasteiger partial charge is 0.204 e. The van der Waals surface area contributed by atoms with Crippen molar-refractivity contribution >= 4 is 17.7 Å². The van der Waals surface area contributed by atoms with Crippen LogP contribution in [0.5, 0.6) is 5.75 Å². The molecule has 33 heavy (non-hydrogen) atoms. The van der Waals surface area contributed by atoms with Gasteiger partial charge in [-0.15, -0.1) is 10.2 Å². The average Bonchev–Trinajstić information content (AvgIpc) is 3.30. The van der Waals surface area contributed by atoms with Crippen LogP contribution in [0.4, 0.5) is 0 Å². The lowest BCUT2D eigenvalue weighted by atomic mass is 9.88. The van der Waals surface area contributed by atoms with Gasteiger partial charge in [0.15, 0.2) is 0 Å². The number of aromatic nitrogens is 2. The van der Waals surface area contributed by atoms with Crippen molar-refractivity contribution in [1.29, 1.82) is 5.26 Å². The molecule has 1 amide bonds. The molecular weight excluding hydrogens is 434 g/mol. The monoisotopic (exact) mass is 465 g/mol. The van der Waals surface area contributed by atoms with Crippen molar-refractivity contribution in [2.24, 2.45) is 11.5 Å². The average molecular weight is 466 g/mol. The molecule has 1 aliphatic rings. The summed E-state index contributed by atoms with van der Waals surface area (Å²) >= 11 is 1.58. The van der Waals surface area contributed by atoms with E-state index in [0.29, 0.717) is 11.3 Å². The fraction of sp³-hybridized carbons (Fsp3) is 0.360. The Hall–Kier alpha value is -3.28. The number of hydrogen-bond acceptors (Lipinski definition) is 7. The molecule has 1 aromatic heterocycles. The number of rotatable bonds is 4. The zero-order valence-corrected chi connectivity index (χ0v) is 20.2. The number of carbonyl (C=O) groups excluding carboxylic acids is 1. The van der Waals surface area contributed by atoms with Gasteiger partial charge in [-0.25, -0.2) is 0 Å². The van der Waals surface area contributed by atoms with Gasteiger partial charge in [0, 0.05) is 11.1 Å². The summed E-state index contributed by atoms with van der Waals surface area (Å²) in [7, 11) is 0. The van der Waals surface area contributed by atoms with Crippen LogP contribution in [0.3, 0.4) is 0 Å². The van der Waals surface area contributed by atoms with Crippen LogP contribution in [0.25, 0.3) is 21.1 Å². The van der Waals surface area contributed by atoms with Gasteiger partial charge < -0.3 is 16.2 Å². The van der Waals surface area contributed by atoms with Crippen molar-refractivity contribution in [2.45, 2.75) is 52.6 Å². The van der Waals surface area contributed by atoms with Gasteiger partial charge in [-0.3, -0.25) is 4.79 Å². The zero-order valence-electron chi connectivity index (χ0n) is 19.4. The highest BCUT2D eigenvalue weighted by Gasteiger charge is 2.18. The van der Waals surface area contributed by atoms with Crippen molar-refractivity contribution in [1.82, 2.24) is 10.2 Å². The molecule has 0 aliphatic heterocycles. The summed E-state index contributed by atoms with van der Waals surface area (Å²) in [4.78, 5) is 8.58. The van der Waals surface area contributed by atoms with E-state index in [9.17, 15) is 5.26 Å². The van der Waals surface area contributed by atoms with Crippen molar-refractivity contribution in [2.75, 3.05) is 6.54 Å². The maximum Gasteiger partial charge on any atom is 0.204 e. The first-order valence-electron chi connectivity index (χ1n) is 11.0. The van der Waals surface area contributed by atoms with Crippen LogP contribution < -0.4 is 16.2 Å². The highest BCUT2D eigenvalue weighted by Crippen LogP contribution is 2.36. The number of hydrogen-bond donors (Lipinski definition) is 2. The van der Waals surface area contributed by atoms with Crippen LogP contribution in [0.1, 0.15) is 50.3 Å². The number of fused-ring (bicyclic) bond motifs is 1. The number of carbonyl (C=O) groups is 1. The van der Waals surface area contributed by atoms with Gasteiger partial charge in [0.05, 0.1) is 11.7 Å². The summed E-state index contributed by atoms with van der Waals surface area (Å²) in [5.74, 6) is 0.609. The summed E-state index contributed by atoms with van der Waals surface area (Å²) in [6.45, 7) is 6.55. The van der Waals surface area contributed by atoms with E-state index in [-0.39, 0.29) is 12.5 Å². The molecular formula is C25H31N5O2S. The van der Waals surface area contributed by atoms with E-state index < -0.39 is 0 Å². The molecule has 3 aromatic rings. The van der Waals surface area contributed by atoms with Crippen molar-refractivity contribution in [3.8, 4) is 33.0 Å². The molecule has 0 atom stereocenters. The Morgan fingerprint density at radius 3 is 2.52 bits per heavy atom. The highest BCUT2D eigenvalue weighted by atomic mass is 32.1. The Morgan fingerprint density at radius 1 is 1.18 bits per heavy atom. The van der Waals surface area contributed by atoms with Crippen LogP contribution in [-0.2, 0) is 17.6 Å². The topological polar surface area (TPSA) is 128 Å². The number of nitriles is 1. The molecule has 0 unspecified atom stereocenters. The Labute approximate surface area is 199 Å². The molecule has 0 saturated carbocycles. The molecule has 0 fully saturated rings. The maximum atomic E-state index is 9.46. The van der Waals surface area contributed by atoms with Gasteiger partial charge in [0.1, 0.15) is 21.8 Å². The number of primary amides is 1. The number of aryl methyl sites for hydroxylation is 1. The Kier molecular flexibility index (Phi) is 10.5. The van der Waals surface area contributed by atoms with Gasteiger partial charge in [-0.1, -0.05) is 36.5 Å². The SMILES string of the molecule is CC(C)Oc1ccc(-c2nnc(-c3cccc4c3CCCC4)s2)cc1C#N.CCN.NC=O. The molecule has 174 valence electrons. The second-order valence-electron chi connectivity index (χ2n) is 7.60. The summed E-state index contributed by atoms with van der Waals surface area (Å²) < 4.78 is 5.71. The number of nitrogens with two attached hydrogens (primary N) is 2. The van der Waals surface area contributed by atoms with Gasteiger partial charge in [-0.05, 0) is 75.4 Å². The second-order valence-corrected chi connectivity index (χ2v) is 8.57. The lowest BCUT2D eigenvalue weighted by molar-refractivity contribution is -0.106. The molecule has 1 heterocycles. The fourth-order valence-corrected chi connectivity index (χ4v) is 4.43. The molecule has 0 saturated heterocycles. The van der Waals surface area contributed by atoms with E-state index in [1.165, 1.54) is 29.5 Å². The minimum absolute atomic E-state index is 0.0281. The van der Waals surface area contributed by atoms with E-state index in [1.807, 2.05) is 39.0 Å². The van der Waals surface area contributed by atoms with E-state index in [2.05, 4.69) is 40.2 Å². The van der Waals surface area contributed by atoms with Crippen LogP contribution in [0, 0.1) is 11.3 Å². The number of nitrogens with zero attached hydrogens (tertiary/aromatic N) is 3. The molecule has 7 nitrogen and oxygen atoms in total. The van der Waals surface area contributed by atoms with Crippen LogP contribution in [0.15, 0.2) is 36.4 Å². The molecule has 0 radical (unpaired) electrons. The number of ether oxygens (including phenoxy) is 1. The molecule has 4 N–H and O–H groups in total. The minimum atomic E-state index is 0.0281. The molecule has 8 heteroatoms. The third-order valence-electron chi connectivity index (χ3n) is 4.76. The Balaban J connectivity index is 0.000000582. The highest BCUT2D eigenvalue weighted by molar-refractivity contribution is 7.17. The molecule has 1 aliphatic carbocycles. The van der Waals surface area contributed by atoms with Crippen molar-refractivity contribution in [3.63, 3.8) is 0 Å². The quantitative estimate of drug-likeness (QED) is 0.547. The van der Waals surface area contributed by atoms with E-state index in [4.69, 9.17) is 15.3 Å². The summed E-state index contributed by atoms with van der Waals surface area (Å²) in [5, 5.41) is 20.1. The maximum absolute atomic E-state index is 9.46. The number of benzene rings is 2. The Morgan fingerprint density at radius 2 is 1.85 bits per heavy atom. The summed E-state index contributed by atoms with van der Waals surface area (Å²) in [6, 6.07) is 14.3. The van der Waals surface area contributed by atoms with E-state index in [0.717, 1.165) is 35.0 Å². The summed E-state index contributed by atoms with van der Waals surface area (Å²) in [6.07, 6.45) is 5.04. The predicted molar refractivity (Wildman–Crippen MR) is 133 cm³/mol. The van der Waals surface area contributed by atoms with Crippen LogP contribution in [0.2, 0.25) is 0 Å². The van der Waals surface area contributed by atoms with Crippen molar-refractivity contribution < 1.29 is 9.53 Å². The summed E-state index contributed by atoms with van der Waals surface area (Å²) in [5.41, 5.74) is 14.5. The Bertz CT molecular complexity index is 1090. The lowest BCUT2D eigenvalue weighted by Gasteiger charge is -2.17.